The van der Waals surface area contributed by atoms with Crippen molar-refractivity contribution < 1.29 is 4.74 Å². The zero-order valence-corrected chi connectivity index (χ0v) is 13.5. The van der Waals surface area contributed by atoms with Gasteiger partial charge < -0.3 is 10.1 Å². The van der Waals surface area contributed by atoms with Crippen LogP contribution in [0.15, 0.2) is 41.0 Å². The van der Waals surface area contributed by atoms with Crippen molar-refractivity contribution in [3.05, 3.63) is 57.8 Å². The predicted molar refractivity (Wildman–Crippen MR) is 88.0 cm³/mol. The van der Waals surface area contributed by atoms with Gasteiger partial charge in [0.25, 0.3) is 0 Å². The van der Waals surface area contributed by atoms with E-state index in [0.717, 1.165) is 21.5 Å². The van der Waals surface area contributed by atoms with Crippen LogP contribution >= 0.6 is 15.9 Å². The maximum absolute atomic E-state index is 5.56. The molecule has 0 unspecified atom stereocenters. The van der Waals surface area contributed by atoms with Crippen LogP contribution in [0.25, 0.3) is 0 Å². The van der Waals surface area contributed by atoms with E-state index in [1.54, 1.807) is 0 Å². The number of pyridine rings is 1. The summed E-state index contributed by atoms with van der Waals surface area (Å²) < 4.78 is 6.57. The lowest BCUT2D eigenvalue weighted by atomic mass is 10.2. The topological polar surface area (TPSA) is 34.1 Å². The zero-order chi connectivity index (χ0) is 15.1. The van der Waals surface area contributed by atoms with E-state index in [1.165, 1.54) is 5.56 Å². The van der Waals surface area contributed by atoms with Crippen LogP contribution < -0.4 is 10.1 Å². The quantitative estimate of drug-likeness (QED) is 0.815. The Balaban J connectivity index is 2.01. The molecule has 0 aliphatic carbocycles. The second-order valence-corrected chi connectivity index (χ2v) is 5.53. The Labute approximate surface area is 133 Å². The van der Waals surface area contributed by atoms with Gasteiger partial charge in [0.15, 0.2) is 0 Å². The van der Waals surface area contributed by atoms with E-state index in [-0.39, 0.29) is 6.61 Å². The Bertz CT molecular complexity index is 649. The summed E-state index contributed by atoms with van der Waals surface area (Å²) in [6.45, 7) is 3.74. The third kappa shape index (κ3) is 4.59. The highest BCUT2D eigenvalue weighted by atomic mass is 79.9. The van der Waals surface area contributed by atoms with Gasteiger partial charge in [-0.3, -0.25) is 4.98 Å². The molecule has 0 amide bonds. The fourth-order valence-electron chi connectivity index (χ4n) is 1.97. The second-order valence-electron chi connectivity index (χ2n) is 4.62. The summed E-state index contributed by atoms with van der Waals surface area (Å²) in [7, 11) is 0. The number of halogens is 1. The van der Waals surface area contributed by atoms with E-state index in [0.29, 0.717) is 13.1 Å². The molecule has 0 spiro atoms. The summed E-state index contributed by atoms with van der Waals surface area (Å²) in [6.07, 6.45) is 7.05. The van der Waals surface area contributed by atoms with Crippen molar-refractivity contribution in [2.75, 3.05) is 6.61 Å². The summed E-state index contributed by atoms with van der Waals surface area (Å²) in [5.74, 6) is 3.29. The first-order valence-corrected chi connectivity index (χ1v) is 7.46. The van der Waals surface area contributed by atoms with Gasteiger partial charge in [0.2, 0.25) is 0 Å². The number of aromatic nitrogens is 1. The summed E-state index contributed by atoms with van der Waals surface area (Å²) in [6, 6.07) is 9.90. The van der Waals surface area contributed by atoms with E-state index in [4.69, 9.17) is 11.2 Å². The average molecular weight is 345 g/mol. The molecule has 0 atom stereocenters. The number of nitrogens with zero attached hydrogens (tertiary/aromatic N) is 1. The summed E-state index contributed by atoms with van der Waals surface area (Å²) in [4.78, 5) is 4.37. The number of ether oxygens (including phenoxy) is 1. The Kier molecular flexibility index (Phi) is 5.79. The van der Waals surface area contributed by atoms with Gasteiger partial charge in [0.1, 0.15) is 12.4 Å². The molecule has 0 saturated heterocycles. The van der Waals surface area contributed by atoms with Crippen LogP contribution in [0.2, 0.25) is 0 Å². The van der Waals surface area contributed by atoms with Gasteiger partial charge in [-0.05, 0) is 36.8 Å². The van der Waals surface area contributed by atoms with Crippen LogP contribution in [0.4, 0.5) is 0 Å². The first kappa shape index (κ1) is 15.6. The number of hydrogen-bond acceptors (Lipinski definition) is 3. The summed E-state index contributed by atoms with van der Waals surface area (Å²) >= 11 is 3.48. The van der Waals surface area contributed by atoms with Gasteiger partial charge in [-0.1, -0.05) is 27.9 Å². The molecule has 1 heterocycles. The minimum Gasteiger partial charge on any atom is -0.481 e. The third-order valence-corrected chi connectivity index (χ3v) is 3.55. The number of benzene rings is 1. The Hall–Kier alpha value is -1.83. The van der Waals surface area contributed by atoms with Crippen LogP contribution in [0.3, 0.4) is 0 Å². The summed E-state index contributed by atoms with van der Waals surface area (Å²) in [5, 5.41) is 3.39. The molecule has 21 heavy (non-hydrogen) atoms. The SMILES string of the molecule is C#CCOc1ccc(Br)cc1CNCc1ncccc1C. The molecule has 0 saturated carbocycles. The lowest BCUT2D eigenvalue weighted by Crippen LogP contribution is -2.15. The molecule has 4 heteroatoms. The third-order valence-electron chi connectivity index (χ3n) is 3.06. The predicted octanol–water partition coefficient (Wildman–Crippen LogP) is 3.45. The maximum Gasteiger partial charge on any atom is 0.148 e. The van der Waals surface area contributed by atoms with Gasteiger partial charge in [-0.25, -0.2) is 0 Å². The van der Waals surface area contributed by atoms with Crippen LogP contribution in [0, 0.1) is 19.3 Å². The van der Waals surface area contributed by atoms with Gasteiger partial charge in [-0.2, -0.15) is 0 Å². The van der Waals surface area contributed by atoms with E-state index in [9.17, 15) is 0 Å². The number of hydrogen-bond donors (Lipinski definition) is 1. The van der Waals surface area contributed by atoms with E-state index in [1.807, 2.05) is 30.5 Å². The monoisotopic (exact) mass is 344 g/mol. The molecule has 1 aromatic carbocycles. The molecule has 1 N–H and O–H groups in total. The normalized spacial score (nSPS) is 10.1. The number of nitrogens with one attached hydrogen (secondary N) is 1. The molecule has 0 aliphatic heterocycles. The van der Waals surface area contributed by atoms with Crippen LogP contribution in [0.1, 0.15) is 16.8 Å². The molecular formula is C17H17BrN2O. The van der Waals surface area contributed by atoms with Crippen molar-refractivity contribution in [2.24, 2.45) is 0 Å². The van der Waals surface area contributed by atoms with Crippen molar-refractivity contribution in [1.29, 1.82) is 0 Å². The number of terminal acetylenes is 1. The minimum absolute atomic E-state index is 0.272. The Morgan fingerprint density at radius 1 is 1.33 bits per heavy atom. The van der Waals surface area contributed by atoms with Gasteiger partial charge in [0.05, 0.1) is 5.69 Å². The largest absolute Gasteiger partial charge is 0.481 e. The fraction of sp³-hybridized carbons (Fsp3) is 0.235. The molecule has 2 aromatic rings. The standard InChI is InChI=1S/C17H17BrN2O/c1-3-9-21-17-7-6-15(18)10-14(17)11-19-12-16-13(2)5-4-8-20-16/h1,4-8,10,19H,9,11-12H2,2H3. The van der Waals surface area contributed by atoms with E-state index < -0.39 is 0 Å². The average Bonchev–Trinajstić information content (AvgIpc) is 2.48. The van der Waals surface area contributed by atoms with Gasteiger partial charge in [0, 0.05) is 29.3 Å². The maximum atomic E-state index is 5.56. The van der Waals surface area contributed by atoms with Crippen LogP contribution in [-0.4, -0.2) is 11.6 Å². The van der Waals surface area contributed by atoms with Crippen molar-refractivity contribution in [2.45, 2.75) is 20.0 Å². The number of rotatable bonds is 6. The van der Waals surface area contributed by atoms with E-state index in [2.05, 4.69) is 45.1 Å². The molecular weight excluding hydrogens is 328 g/mol. The first-order valence-electron chi connectivity index (χ1n) is 6.66. The molecule has 3 nitrogen and oxygen atoms in total. The van der Waals surface area contributed by atoms with Crippen molar-refractivity contribution in [3.63, 3.8) is 0 Å². The smallest absolute Gasteiger partial charge is 0.148 e. The van der Waals surface area contributed by atoms with Crippen molar-refractivity contribution in [3.8, 4) is 18.1 Å². The first-order chi connectivity index (χ1) is 10.2. The van der Waals surface area contributed by atoms with Crippen molar-refractivity contribution >= 4 is 15.9 Å². The molecule has 108 valence electrons. The highest BCUT2D eigenvalue weighted by molar-refractivity contribution is 9.10. The highest BCUT2D eigenvalue weighted by Gasteiger charge is 2.05. The lowest BCUT2D eigenvalue weighted by Gasteiger charge is -2.12. The zero-order valence-electron chi connectivity index (χ0n) is 11.9. The summed E-state index contributed by atoms with van der Waals surface area (Å²) in [5.41, 5.74) is 3.30. The molecule has 0 bridgehead atoms. The van der Waals surface area contributed by atoms with Gasteiger partial charge >= 0.3 is 0 Å². The molecule has 2 rings (SSSR count). The highest BCUT2D eigenvalue weighted by Crippen LogP contribution is 2.23. The van der Waals surface area contributed by atoms with E-state index >= 15 is 0 Å². The molecule has 0 radical (unpaired) electrons. The fourth-order valence-corrected chi connectivity index (χ4v) is 2.37. The van der Waals surface area contributed by atoms with Crippen LogP contribution in [-0.2, 0) is 13.1 Å². The van der Waals surface area contributed by atoms with Crippen molar-refractivity contribution in [1.82, 2.24) is 10.3 Å². The minimum atomic E-state index is 0.272. The number of aryl methyl sites for hydroxylation is 1. The molecule has 1 aromatic heterocycles. The Morgan fingerprint density at radius 3 is 2.95 bits per heavy atom. The molecule has 0 aliphatic rings. The van der Waals surface area contributed by atoms with Crippen LogP contribution in [0.5, 0.6) is 5.75 Å². The Morgan fingerprint density at radius 2 is 2.19 bits per heavy atom. The van der Waals surface area contributed by atoms with Gasteiger partial charge in [-0.15, -0.1) is 6.42 Å². The second kappa shape index (κ2) is 7.82. The molecule has 0 fully saturated rings. The lowest BCUT2D eigenvalue weighted by molar-refractivity contribution is 0.364.